The number of hydrogen-bond acceptors (Lipinski definition) is 7. The van der Waals surface area contributed by atoms with Gasteiger partial charge in [0, 0.05) is 23.0 Å². The summed E-state index contributed by atoms with van der Waals surface area (Å²) in [5, 5.41) is 14.8. The van der Waals surface area contributed by atoms with Gasteiger partial charge in [0.1, 0.15) is 0 Å². The van der Waals surface area contributed by atoms with Crippen LogP contribution < -0.4 is 5.43 Å². The third kappa shape index (κ3) is 4.68. The monoisotopic (exact) mass is 370 g/mol. The molecule has 25 heavy (non-hydrogen) atoms. The molecule has 2 heterocycles. The smallest absolute Gasteiger partial charge is 0.205 e. The van der Waals surface area contributed by atoms with Crippen molar-refractivity contribution in [2.75, 3.05) is 5.43 Å². The quantitative estimate of drug-likeness (QED) is 0.353. The van der Waals surface area contributed by atoms with Gasteiger partial charge in [-0.05, 0) is 44.2 Å². The third-order valence-corrected chi connectivity index (χ3v) is 4.44. The normalized spacial score (nSPS) is 11.9. The molecule has 0 saturated heterocycles. The van der Waals surface area contributed by atoms with Crippen molar-refractivity contribution >= 4 is 44.5 Å². The number of hydrogen-bond donors (Lipinski definition) is 1. The first-order chi connectivity index (χ1) is 12.1. The molecule has 0 spiro atoms. The topological polar surface area (TPSA) is 74.9 Å². The summed E-state index contributed by atoms with van der Waals surface area (Å²) in [4.78, 5) is 8.41. The van der Waals surface area contributed by atoms with Gasteiger partial charge < -0.3 is 0 Å². The van der Waals surface area contributed by atoms with Crippen molar-refractivity contribution < 1.29 is 0 Å². The van der Waals surface area contributed by atoms with Gasteiger partial charge in [0.15, 0.2) is 5.00 Å². The van der Waals surface area contributed by atoms with Crippen molar-refractivity contribution in [3.05, 3.63) is 65.1 Å². The van der Waals surface area contributed by atoms with E-state index in [1.165, 1.54) is 11.3 Å². The number of halogens is 1. The molecule has 0 bridgehead atoms. The lowest BCUT2D eigenvalue weighted by Crippen LogP contribution is -1.99. The van der Waals surface area contributed by atoms with Gasteiger partial charge in [0.2, 0.25) is 5.13 Å². The maximum absolute atomic E-state index is 5.94. The predicted octanol–water partition coefficient (Wildman–Crippen LogP) is 5.75. The summed E-state index contributed by atoms with van der Waals surface area (Å²) in [5.74, 6) is 0. The molecule has 2 aromatic heterocycles. The molecule has 126 valence electrons. The second-order valence-electron chi connectivity index (χ2n) is 5.13. The van der Waals surface area contributed by atoms with Gasteiger partial charge in [0.05, 0.1) is 17.1 Å². The summed E-state index contributed by atoms with van der Waals surface area (Å²) in [5.41, 5.74) is 6.29. The Bertz CT molecular complexity index is 920. The van der Waals surface area contributed by atoms with E-state index in [1.54, 1.807) is 24.5 Å². The van der Waals surface area contributed by atoms with Crippen molar-refractivity contribution in [1.29, 1.82) is 0 Å². The van der Waals surface area contributed by atoms with Gasteiger partial charge in [-0.3, -0.25) is 10.4 Å². The number of aromatic nitrogens is 2. The molecular weight excluding hydrogens is 356 g/mol. The van der Waals surface area contributed by atoms with Gasteiger partial charge in [-0.1, -0.05) is 29.0 Å². The number of aryl methyl sites for hydroxylation is 1. The molecule has 0 aliphatic heterocycles. The molecule has 0 amide bonds. The van der Waals surface area contributed by atoms with Crippen LogP contribution in [-0.4, -0.2) is 15.7 Å². The minimum Gasteiger partial charge on any atom is -0.265 e. The average Bonchev–Trinajstić information content (AvgIpc) is 2.98. The minimum absolute atomic E-state index is 0.626. The summed E-state index contributed by atoms with van der Waals surface area (Å²) in [6.07, 6.45) is 3.46. The summed E-state index contributed by atoms with van der Waals surface area (Å²) in [7, 11) is 0. The van der Waals surface area contributed by atoms with Crippen LogP contribution in [0, 0.1) is 6.92 Å². The van der Waals surface area contributed by atoms with Gasteiger partial charge in [0.25, 0.3) is 0 Å². The van der Waals surface area contributed by atoms with Crippen LogP contribution in [0.15, 0.2) is 64.1 Å². The fourth-order valence-electron chi connectivity index (χ4n) is 1.96. The molecule has 0 radical (unpaired) electrons. The lowest BCUT2D eigenvalue weighted by atomic mass is 10.2. The van der Waals surface area contributed by atoms with Crippen LogP contribution in [0.2, 0.25) is 5.02 Å². The molecule has 1 N–H and O–H groups in total. The molecule has 0 unspecified atom stereocenters. The van der Waals surface area contributed by atoms with E-state index in [0.717, 1.165) is 22.0 Å². The molecule has 6 nitrogen and oxygen atoms in total. The minimum atomic E-state index is 0.626. The van der Waals surface area contributed by atoms with E-state index in [0.29, 0.717) is 15.8 Å². The zero-order chi connectivity index (χ0) is 17.6. The standard InChI is InChI=1S/C17H15ClN6S/c1-11(13-6-8-19-9-7-13)21-24-17-20-12(2)16(25-17)23-22-15-5-3-4-14(18)10-15/h3-10H,1-2H3,(H,20,24)/b21-11+,23-22?. The second-order valence-corrected chi connectivity index (χ2v) is 6.55. The van der Waals surface area contributed by atoms with Crippen LogP contribution in [0.5, 0.6) is 0 Å². The van der Waals surface area contributed by atoms with E-state index in [1.807, 2.05) is 38.1 Å². The Morgan fingerprint density at radius 1 is 1.16 bits per heavy atom. The Morgan fingerprint density at radius 2 is 1.96 bits per heavy atom. The van der Waals surface area contributed by atoms with Gasteiger partial charge in [-0.15, -0.1) is 10.2 Å². The van der Waals surface area contributed by atoms with Crippen LogP contribution in [-0.2, 0) is 0 Å². The lowest BCUT2D eigenvalue weighted by Gasteiger charge is -1.99. The SMILES string of the molecule is C/C(=N\Nc1nc(C)c(N=Nc2cccc(Cl)c2)s1)c1ccncc1. The highest BCUT2D eigenvalue weighted by Gasteiger charge is 2.07. The van der Waals surface area contributed by atoms with E-state index in [-0.39, 0.29) is 0 Å². The molecular formula is C17H15ClN6S. The summed E-state index contributed by atoms with van der Waals surface area (Å²) >= 11 is 7.33. The number of azo groups is 1. The molecule has 0 saturated carbocycles. The Balaban J connectivity index is 1.72. The van der Waals surface area contributed by atoms with Crippen molar-refractivity contribution in [3.8, 4) is 0 Å². The molecule has 0 fully saturated rings. The Morgan fingerprint density at radius 3 is 2.72 bits per heavy atom. The summed E-state index contributed by atoms with van der Waals surface area (Å²) < 4.78 is 0. The molecule has 8 heteroatoms. The first-order valence-corrected chi connectivity index (χ1v) is 8.67. The Kier molecular flexibility index (Phi) is 5.47. The molecule has 3 aromatic rings. The van der Waals surface area contributed by atoms with E-state index in [9.17, 15) is 0 Å². The number of thiazole rings is 1. The van der Waals surface area contributed by atoms with Crippen LogP contribution >= 0.6 is 22.9 Å². The van der Waals surface area contributed by atoms with Crippen LogP contribution in [0.4, 0.5) is 15.8 Å². The van der Waals surface area contributed by atoms with Gasteiger partial charge in [-0.25, -0.2) is 4.98 Å². The fourth-order valence-corrected chi connectivity index (χ4v) is 2.88. The van der Waals surface area contributed by atoms with Gasteiger partial charge in [-0.2, -0.15) is 5.10 Å². The van der Waals surface area contributed by atoms with Crippen molar-refractivity contribution in [2.45, 2.75) is 13.8 Å². The molecule has 0 aliphatic carbocycles. The average molecular weight is 371 g/mol. The van der Waals surface area contributed by atoms with E-state index in [4.69, 9.17) is 11.6 Å². The fraction of sp³-hybridized carbons (Fsp3) is 0.118. The zero-order valence-electron chi connectivity index (χ0n) is 13.6. The number of nitrogens with one attached hydrogen (secondary N) is 1. The maximum atomic E-state index is 5.94. The first-order valence-electron chi connectivity index (χ1n) is 7.47. The Hall–Kier alpha value is -2.64. The molecule has 1 aromatic carbocycles. The van der Waals surface area contributed by atoms with Crippen molar-refractivity contribution in [2.24, 2.45) is 15.3 Å². The highest BCUT2D eigenvalue weighted by molar-refractivity contribution is 7.19. The summed E-state index contributed by atoms with van der Waals surface area (Å²) in [6, 6.07) is 11.0. The number of benzene rings is 1. The van der Waals surface area contributed by atoms with Crippen molar-refractivity contribution in [1.82, 2.24) is 9.97 Å². The number of nitrogens with zero attached hydrogens (tertiary/aromatic N) is 5. The largest absolute Gasteiger partial charge is 0.265 e. The lowest BCUT2D eigenvalue weighted by molar-refractivity contribution is 1.18. The number of anilines is 1. The molecule has 3 rings (SSSR count). The van der Waals surface area contributed by atoms with E-state index in [2.05, 4.69) is 30.7 Å². The van der Waals surface area contributed by atoms with E-state index >= 15 is 0 Å². The van der Waals surface area contributed by atoms with Crippen molar-refractivity contribution in [3.63, 3.8) is 0 Å². The highest BCUT2D eigenvalue weighted by atomic mass is 35.5. The summed E-state index contributed by atoms with van der Waals surface area (Å²) in [6.45, 7) is 3.80. The van der Waals surface area contributed by atoms with E-state index < -0.39 is 0 Å². The van der Waals surface area contributed by atoms with Gasteiger partial charge >= 0.3 is 0 Å². The first kappa shape index (κ1) is 17.2. The Labute approximate surface area is 154 Å². The second kappa shape index (κ2) is 7.96. The number of rotatable bonds is 5. The van der Waals surface area contributed by atoms with Crippen LogP contribution in [0.1, 0.15) is 18.2 Å². The number of pyridine rings is 1. The molecule has 0 atom stereocenters. The number of hydrazone groups is 1. The third-order valence-electron chi connectivity index (χ3n) is 3.25. The van der Waals surface area contributed by atoms with Crippen LogP contribution in [0.3, 0.4) is 0 Å². The highest BCUT2D eigenvalue weighted by Crippen LogP contribution is 2.32. The zero-order valence-corrected chi connectivity index (χ0v) is 15.2. The predicted molar refractivity (Wildman–Crippen MR) is 103 cm³/mol. The van der Waals surface area contributed by atoms with Crippen LogP contribution in [0.25, 0.3) is 0 Å². The molecule has 0 aliphatic rings. The maximum Gasteiger partial charge on any atom is 0.205 e.